The molecule has 0 bridgehead atoms. The second-order valence-corrected chi connectivity index (χ2v) is 8.12. The Balaban J connectivity index is 2.28. The molecule has 8 heteroatoms. The van der Waals surface area contributed by atoms with Crippen molar-refractivity contribution in [3.8, 4) is 0 Å². The first-order valence-electron chi connectivity index (χ1n) is 7.05. The quantitative estimate of drug-likeness (QED) is 0.724. The van der Waals surface area contributed by atoms with Gasteiger partial charge in [-0.3, -0.25) is 4.79 Å². The second-order valence-electron chi connectivity index (χ2n) is 5.67. The molecule has 0 saturated carbocycles. The Labute approximate surface area is 139 Å². The highest BCUT2D eigenvalue weighted by molar-refractivity contribution is 9.10. The van der Waals surface area contributed by atoms with Crippen LogP contribution >= 0.6 is 15.9 Å². The number of halogens is 1. The Bertz CT molecular complexity index is 691. The maximum Gasteiger partial charge on any atom is 0.251 e. The molecule has 0 spiro atoms. The molecule has 4 N–H and O–H groups in total. The number of benzene rings is 1. The summed E-state index contributed by atoms with van der Waals surface area (Å²) < 4.78 is 23.8. The van der Waals surface area contributed by atoms with Crippen LogP contribution in [-0.4, -0.2) is 33.0 Å². The third-order valence-electron chi connectivity index (χ3n) is 3.83. The lowest BCUT2D eigenvalue weighted by Crippen LogP contribution is -2.46. The van der Waals surface area contributed by atoms with Crippen molar-refractivity contribution >= 4 is 31.9 Å². The van der Waals surface area contributed by atoms with Gasteiger partial charge in [0.05, 0.1) is 4.90 Å². The molecule has 1 aliphatic heterocycles. The first-order valence-corrected chi connectivity index (χ1v) is 9.39. The number of rotatable bonds is 3. The minimum absolute atomic E-state index is 0.0364. The van der Waals surface area contributed by atoms with E-state index in [1.54, 1.807) is 13.0 Å². The van der Waals surface area contributed by atoms with Gasteiger partial charge in [-0.15, -0.1) is 0 Å². The summed E-state index contributed by atoms with van der Waals surface area (Å²) in [6.07, 6.45) is 1.70. The predicted octanol–water partition coefficient (Wildman–Crippen LogP) is 1.28. The smallest absolute Gasteiger partial charge is 0.251 e. The van der Waals surface area contributed by atoms with Crippen molar-refractivity contribution in [3.63, 3.8) is 0 Å². The monoisotopic (exact) mass is 389 g/mol. The number of amides is 1. The molecular formula is C14H20BrN3O3S. The van der Waals surface area contributed by atoms with Crippen LogP contribution in [0.2, 0.25) is 0 Å². The molecule has 0 radical (unpaired) electrons. The van der Waals surface area contributed by atoms with E-state index >= 15 is 0 Å². The minimum atomic E-state index is -3.87. The molecule has 1 fully saturated rings. The van der Waals surface area contributed by atoms with E-state index in [0.717, 1.165) is 19.4 Å². The van der Waals surface area contributed by atoms with E-state index in [1.807, 2.05) is 0 Å². The molecule has 2 unspecified atom stereocenters. The number of carbonyl (C=O) groups is 1. The molecule has 1 saturated heterocycles. The number of hydrogen-bond acceptors (Lipinski definition) is 4. The van der Waals surface area contributed by atoms with Crippen molar-refractivity contribution in [2.75, 3.05) is 6.54 Å². The van der Waals surface area contributed by atoms with E-state index in [9.17, 15) is 13.2 Å². The molecule has 0 aliphatic carbocycles. The molecule has 2 atom stereocenters. The summed E-state index contributed by atoms with van der Waals surface area (Å²) in [5.41, 5.74) is 0.690. The summed E-state index contributed by atoms with van der Waals surface area (Å²) in [7, 11) is -3.87. The molecule has 2 rings (SSSR count). The molecule has 22 heavy (non-hydrogen) atoms. The highest BCUT2D eigenvalue weighted by atomic mass is 79.9. The highest BCUT2D eigenvalue weighted by Gasteiger charge is 2.23. The van der Waals surface area contributed by atoms with Crippen molar-refractivity contribution < 1.29 is 13.2 Å². The fourth-order valence-electron chi connectivity index (χ4n) is 2.71. The summed E-state index contributed by atoms with van der Waals surface area (Å²) in [5.74, 6) is -0.275. The maximum absolute atomic E-state index is 12.5. The van der Waals surface area contributed by atoms with Gasteiger partial charge in [-0.1, -0.05) is 15.9 Å². The third-order valence-corrected chi connectivity index (χ3v) is 5.33. The number of piperidine rings is 1. The van der Waals surface area contributed by atoms with Crippen LogP contribution in [0, 0.1) is 6.92 Å². The van der Waals surface area contributed by atoms with Gasteiger partial charge < -0.3 is 10.6 Å². The summed E-state index contributed by atoms with van der Waals surface area (Å²) in [4.78, 5) is 12.4. The van der Waals surface area contributed by atoms with Crippen molar-refractivity contribution in [3.05, 3.63) is 27.7 Å². The van der Waals surface area contributed by atoms with Crippen LogP contribution in [0.4, 0.5) is 0 Å². The van der Waals surface area contributed by atoms with Gasteiger partial charge in [0.1, 0.15) is 0 Å². The molecule has 1 aromatic carbocycles. The van der Waals surface area contributed by atoms with E-state index in [2.05, 4.69) is 33.5 Å². The average Bonchev–Trinajstić information content (AvgIpc) is 2.39. The van der Waals surface area contributed by atoms with Gasteiger partial charge in [-0.2, -0.15) is 0 Å². The summed E-state index contributed by atoms with van der Waals surface area (Å²) in [6.45, 7) is 4.51. The molecule has 6 nitrogen and oxygen atoms in total. The minimum Gasteiger partial charge on any atom is -0.349 e. The molecular weight excluding hydrogens is 370 g/mol. The standard InChI is InChI=1S/C14H20BrN3O3S/c1-8-5-11(3-4-17-8)18-14(19)12-6-10(15)7-13(9(12)2)22(16,20)21/h6-8,11,17H,3-5H2,1-2H3,(H,18,19)(H2,16,20,21). The van der Waals surface area contributed by atoms with Gasteiger partial charge in [-0.25, -0.2) is 13.6 Å². The average molecular weight is 390 g/mol. The summed E-state index contributed by atoms with van der Waals surface area (Å²) in [6, 6.07) is 3.46. The van der Waals surface area contributed by atoms with Crippen LogP contribution in [0.5, 0.6) is 0 Å². The number of hydrogen-bond donors (Lipinski definition) is 3. The van der Waals surface area contributed by atoms with Crippen molar-refractivity contribution in [1.29, 1.82) is 0 Å². The first-order chi connectivity index (χ1) is 10.2. The zero-order valence-corrected chi connectivity index (χ0v) is 14.9. The number of sulfonamides is 1. The Morgan fingerprint density at radius 1 is 1.45 bits per heavy atom. The lowest BCUT2D eigenvalue weighted by Gasteiger charge is -2.29. The fraction of sp³-hybridized carbons (Fsp3) is 0.500. The van der Waals surface area contributed by atoms with Gasteiger partial charge in [0.25, 0.3) is 5.91 Å². The molecule has 122 valence electrons. The first kappa shape index (κ1) is 17.4. The fourth-order valence-corrected chi connectivity index (χ4v) is 4.15. The van der Waals surface area contributed by atoms with Gasteiger partial charge in [0, 0.05) is 22.1 Å². The van der Waals surface area contributed by atoms with Crippen LogP contribution in [0.3, 0.4) is 0 Å². The van der Waals surface area contributed by atoms with Crippen LogP contribution in [0.1, 0.15) is 35.7 Å². The van der Waals surface area contributed by atoms with Gasteiger partial charge in [0.15, 0.2) is 0 Å². The summed E-state index contributed by atoms with van der Waals surface area (Å²) >= 11 is 3.23. The zero-order chi connectivity index (χ0) is 16.5. The summed E-state index contributed by atoms with van der Waals surface area (Å²) in [5, 5.41) is 11.5. The number of nitrogens with one attached hydrogen (secondary N) is 2. The van der Waals surface area contributed by atoms with Crippen LogP contribution in [0.25, 0.3) is 0 Å². The van der Waals surface area contributed by atoms with Crippen molar-refractivity contribution in [2.24, 2.45) is 5.14 Å². The largest absolute Gasteiger partial charge is 0.349 e. The SMILES string of the molecule is Cc1c(C(=O)NC2CCNC(C)C2)cc(Br)cc1S(N)(=O)=O. The van der Waals surface area contributed by atoms with Crippen LogP contribution < -0.4 is 15.8 Å². The predicted molar refractivity (Wildman–Crippen MR) is 88.2 cm³/mol. The molecule has 1 heterocycles. The Kier molecular flexibility index (Phi) is 5.26. The van der Waals surface area contributed by atoms with E-state index < -0.39 is 10.0 Å². The van der Waals surface area contributed by atoms with Crippen LogP contribution in [-0.2, 0) is 10.0 Å². The topological polar surface area (TPSA) is 101 Å². The van der Waals surface area contributed by atoms with Gasteiger partial charge >= 0.3 is 0 Å². The van der Waals surface area contributed by atoms with E-state index in [4.69, 9.17) is 5.14 Å². The molecule has 1 aliphatic rings. The number of carbonyl (C=O) groups excluding carboxylic acids is 1. The Morgan fingerprint density at radius 3 is 2.73 bits per heavy atom. The van der Waals surface area contributed by atoms with Crippen molar-refractivity contribution in [2.45, 2.75) is 43.7 Å². The van der Waals surface area contributed by atoms with Crippen molar-refractivity contribution in [1.82, 2.24) is 10.6 Å². The van der Waals surface area contributed by atoms with Crippen LogP contribution in [0.15, 0.2) is 21.5 Å². The van der Waals surface area contributed by atoms with Gasteiger partial charge in [-0.05, 0) is 50.9 Å². The second kappa shape index (κ2) is 6.66. The number of primary sulfonamides is 1. The number of nitrogens with two attached hydrogens (primary N) is 1. The molecule has 1 aromatic rings. The van der Waals surface area contributed by atoms with E-state index in [0.29, 0.717) is 21.6 Å². The lowest BCUT2D eigenvalue weighted by molar-refractivity contribution is 0.0924. The Morgan fingerprint density at radius 2 is 2.14 bits per heavy atom. The molecule has 0 aromatic heterocycles. The highest BCUT2D eigenvalue weighted by Crippen LogP contribution is 2.24. The third kappa shape index (κ3) is 4.07. The Hall–Kier alpha value is -0.960. The van der Waals surface area contributed by atoms with Gasteiger partial charge in [0.2, 0.25) is 10.0 Å². The van der Waals surface area contributed by atoms with E-state index in [-0.39, 0.29) is 16.8 Å². The normalized spacial score (nSPS) is 22.4. The maximum atomic E-state index is 12.5. The zero-order valence-electron chi connectivity index (χ0n) is 12.5. The van der Waals surface area contributed by atoms with E-state index in [1.165, 1.54) is 6.07 Å². The lowest BCUT2D eigenvalue weighted by atomic mass is 9.99. The molecule has 1 amide bonds.